The van der Waals surface area contributed by atoms with Crippen LogP contribution in [-0.2, 0) is 4.74 Å². The fraction of sp³-hybridized carbons (Fsp3) is 0.474. The van der Waals surface area contributed by atoms with E-state index in [2.05, 4.69) is 47.4 Å². The summed E-state index contributed by atoms with van der Waals surface area (Å²) >= 11 is 0. The van der Waals surface area contributed by atoms with Gasteiger partial charge in [-0.3, -0.25) is 4.90 Å². The molecule has 3 rings (SSSR count). The van der Waals surface area contributed by atoms with Gasteiger partial charge in [-0.15, -0.1) is 12.4 Å². The van der Waals surface area contributed by atoms with Gasteiger partial charge in [-0.05, 0) is 48.7 Å². The maximum atomic E-state index is 5.87. The summed E-state index contributed by atoms with van der Waals surface area (Å²) in [7, 11) is 0. The number of morpholine rings is 1. The van der Waals surface area contributed by atoms with Crippen LogP contribution in [-0.4, -0.2) is 44.4 Å². The van der Waals surface area contributed by atoms with Crippen molar-refractivity contribution >= 4 is 23.2 Å². The highest BCUT2D eigenvalue weighted by Gasteiger charge is 2.08. The van der Waals surface area contributed by atoms with Gasteiger partial charge in [0, 0.05) is 13.1 Å². The van der Waals surface area contributed by atoms with Gasteiger partial charge >= 0.3 is 0 Å². The molecular formula is C19H26ClNO2. The van der Waals surface area contributed by atoms with Crippen LogP contribution >= 0.6 is 12.4 Å². The Bertz CT molecular complexity index is 584. The molecule has 0 atom stereocenters. The molecule has 126 valence electrons. The van der Waals surface area contributed by atoms with Crippen molar-refractivity contribution in [3.8, 4) is 5.75 Å². The first-order valence-corrected chi connectivity index (χ1v) is 8.33. The average molecular weight is 336 g/mol. The van der Waals surface area contributed by atoms with Crippen molar-refractivity contribution in [3.05, 3.63) is 42.5 Å². The van der Waals surface area contributed by atoms with E-state index in [9.17, 15) is 0 Å². The Balaban J connectivity index is 0.00000192. The second-order valence-corrected chi connectivity index (χ2v) is 5.87. The van der Waals surface area contributed by atoms with Gasteiger partial charge in [0.2, 0.25) is 0 Å². The highest BCUT2D eigenvalue weighted by atomic mass is 35.5. The van der Waals surface area contributed by atoms with Gasteiger partial charge in [-0.25, -0.2) is 0 Å². The van der Waals surface area contributed by atoms with Gasteiger partial charge in [0.1, 0.15) is 5.75 Å². The molecule has 2 aromatic carbocycles. The molecular weight excluding hydrogens is 310 g/mol. The number of unbranched alkanes of at least 4 members (excludes halogenated alkanes) is 2. The van der Waals surface area contributed by atoms with E-state index < -0.39 is 0 Å². The Morgan fingerprint density at radius 1 is 0.913 bits per heavy atom. The Morgan fingerprint density at radius 3 is 2.52 bits per heavy atom. The lowest BCUT2D eigenvalue weighted by Gasteiger charge is -2.26. The maximum Gasteiger partial charge on any atom is 0.119 e. The van der Waals surface area contributed by atoms with Crippen molar-refractivity contribution in [1.29, 1.82) is 0 Å². The zero-order valence-electron chi connectivity index (χ0n) is 13.6. The SMILES string of the molecule is Cl.c1ccc2cc(OCCCCCN3CCOCC3)ccc2c1. The van der Waals surface area contributed by atoms with Crippen LogP contribution in [0.3, 0.4) is 0 Å². The molecule has 0 amide bonds. The fourth-order valence-corrected chi connectivity index (χ4v) is 2.89. The van der Waals surface area contributed by atoms with Crippen LogP contribution in [0.5, 0.6) is 5.75 Å². The van der Waals surface area contributed by atoms with Crippen LogP contribution in [0.25, 0.3) is 10.8 Å². The van der Waals surface area contributed by atoms with Crippen LogP contribution in [0.15, 0.2) is 42.5 Å². The molecule has 0 N–H and O–H groups in total. The number of ether oxygens (including phenoxy) is 2. The van der Waals surface area contributed by atoms with Crippen LogP contribution in [0.4, 0.5) is 0 Å². The molecule has 0 unspecified atom stereocenters. The predicted octanol–water partition coefficient (Wildman–Crippen LogP) is 4.14. The Labute approximate surface area is 145 Å². The third kappa shape index (κ3) is 5.69. The lowest BCUT2D eigenvalue weighted by atomic mass is 10.1. The highest BCUT2D eigenvalue weighted by molar-refractivity contribution is 5.85. The number of benzene rings is 2. The molecule has 0 bridgehead atoms. The van der Waals surface area contributed by atoms with Gasteiger partial charge in [0.15, 0.2) is 0 Å². The van der Waals surface area contributed by atoms with Gasteiger partial charge in [-0.2, -0.15) is 0 Å². The van der Waals surface area contributed by atoms with Crippen molar-refractivity contribution in [2.75, 3.05) is 39.5 Å². The van der Waals surface area contributed by atoms with E-state index >= 15 is 0 Å². The summed E-state index contributed by atoms with van der Waals surface area (Å²) in [5.74, 6) is 0.979. The molecule has 0 aromatic heterocycles. The van der Waals surface area contributed by atoms with Crippen molar-refractivity contribution in [1.82, 2.24) is 4.90 Å². The smallest absolute Gasteiger partial charge is 0.119 e. The van der Waals surface area contributed by atoms with Crippen LogP contribution in [0.1, 0.15) is 19.3 Å². The van der Waals surface area contributed by atoms with E-state index in [1.165, 1.54) is 30.2 Å². The number of fused-ring (bicyclic) bond motifs is 1. The Hall–Kier alpha value is -1.29. The van der Waals surface area contributed by atoms with Crippen LogP contribution < -0.4 is 4.74 Å². The molecule has 1 aliphatic heterocycles. The lowest BCUT2D eigenvalue weighted by molar-refractivity contribution is 0.0370. The van der Waals surface area contributed by atoms with Gasteiger partial charge in [0.25, 0.3) is 0 Å². The number of rotatable bonds is 7. The zero-order valence-corrected chi connectivity index (χ0v) is 14.4. The Morgan fingerprint density at radius 2 is 1.70 bits per heavy atom. The molecule has 23 heavy (non-hydrogen) atoms. The molecule has 0 spiro atoms. The van der Waals surface area contributed by atoms with E-state index in [-0.39, 0.29) is 12.4 Å². The standard InChI is InChI=1S/C19H25NO2.ClH/c1(4-10-20-11-14-21-15-12-20)5-13-22-19-9-8-17-6-2-3-7-18(17)16-19;/h2-3,6-9,16H,1,4-5,10-15H2;1H. The van der Waals surface area contributed by atoms with Crippen LogP contribution in [0, 0.1) is 0 Å². The minimum Gasteiger partial charge on any atom is -0.494 e. The molecule has 1 heterocycles. The molecule has 3 nitrogen and oxygen atoms in total. The third-order valence-corrected chi connectivity index (χ3v) is 4.21. The summed E-state index contributed by atoms with van der Waals surface area (Å²) in [6.07, 6.45) is 3.60. The van der Waals surface area contributed by atoms with Crippen molar-refractivity contribution in [3.63, 3.8) is 0 Å². The van der Waals surface area contributed by atoms with Crippen molar-refractivity contribution in [2.24, 2.45) is 0 Å². The van der Waals surface area contributed by atoms with Crippen molar-refractivity contribution < 1.29 is 9.47 Å². The first-order chi connectivity index (χ1) is 10.9. The maximum absolute atomic E-state index is 5.87. The molecule has 1 saturated heterocycles. The molecule has 0 saturated carbocycles. The van der Waals surface area contributed by atoms with Gasteiger partial charge in [0.05, 0.1) is 19.8 Å². The average Bonchev–Trinajstić information content (AvgIpc) is 2.59. The van der Waals surface area contributed by atoms with Crippen LogP contribution in [0.2, 0.25) is 0 Å². The topological polar surface area (TPSA) is 21.7 Å². The third-order valence-electron chi connectivity index (χ3n) is 4.21. The highest BCUT2D eigenvalue weighted by Crippen LogP contribution is 2.20. The Kier molecular flexibility index (Phi) is 7.66. The second-order valence-electron chi connectivity index (χ2n) is 5.87. The molecule has 4 heteroatoms. The lowest BCUT2D eigenvalue weighted by Crippen LogP contribution is -2.36. The quantitative estimate of drug-likeness (QED) is 0.710. The van der Waals surface area contributed by atoms with Gasteiger partial charge in [-0.1, -0.05) is 30.3 Å². The van der Waals surface area contributed by atoms with E-state index in [1.54, 1.807) is 0 Å². The fourth-order valence-electron chi connectivity index (χ4n) is 2.89. The first kappa shape index (κ1) is 18.1. The summed E-state index contributed by atoms with van der Waals surface area (Å²) in [6.45, 7) is 5.97. The normalized spacial score (nSPS) is 15.3. The van der Waals surface area contributed by atoms with E-state index in [0.717, 1.165) is 45.1 Å². The second kappa shape index (κ2) is 9.76. The number of nitrogens with zero attached hydrogens (tertiary/aromatic N) is 1. The predicted molar refractivity (Wildman–Crippen MR) is 97.8 cm³/mol. The monoisotopic (exact) mass is 335 g/mol. The largest absolute Gasteiger partial charge is 0.494 e. The van der Waals surface area contributed by atoms with E-state index in [4.69, 9.17) is 9.47 Å². The number of halogens is 1. The van der Waals surface area contributed by atoms with E-state index in [0.29, 0.717) is 0 Å². The summed E-state index contributed by atoms with van der Waals surface area (Å²) in [4.78, 5) is 2.49. The summed E-state index contributed by atoms with van der Waals surface area (Å²) in [5, 5.41) is 2.51. The minimum atomic E-state index is 0. The summed E-state index contributed by atoms with van der Waals surface area (Å²) in [5.41, 5.74) is 0. The molecule has 0 radical (unpaired) electrons. The number of hydrogen-bond donors (Lipinski definition) is 0. The molecule has 2 aromatic rings. The molecule has 0 aliphatic carbocycles. The number of hydrogen-bond acceptors (Lipinski definition) is 3. The zero-order chi connectivity index (χ0) is 15.0. The first-order valence-electron chi connectivity index (χ1n) is 8.33. The molecule has 1 aliphatic rings. The summed E-state index contributed by atoms with van der Waals surface area (Å²) < 4.78 is 11.2. The van der Waals surface area contributed by atoms with Gasteiger partial charge < -0.3 is 9.47 Å². The molecule has 1 fully saturated rings. The van der Waals surface area contributed by atoms with E-state index in [1.807, 2.05) is 0 Å². The summed E-state index contributed by atoms with van der Waals surface area (Å²) in [6, 6.07) is 14.7. The van der Waals surface area contributed by atoms with Crippen molar-refractivity contribution in [2.45, 2.75) is 19.3 Å². The minimum absolute atomic E-state index is 0.